The normalized spacial score (nSPS) is 13.6. The number of rotatable bonds is 8. The maximum atomic E-state index is 11.2. The van der Waals surface area contributed by atoms with Crippen molar-refractivity contribution in [1.82, 2.24) is 30.1 Å². The van der Waals surface area contributed by atoms with E-state index in [1.54, 1.807) is 35.3 Å². The fourth-order valence-electron chi connectivity index (χ4n) is 4.51. The number of hydrogen-bond acceptors (Lipinski definition) is 6. The molecule has 3 N–H and O–H groups in total. The number of aromatic nitrogens is 7. The topological polar surface area (TPSA) is 143 Å². The number of nitrogens with zero attached hydrogens (tertiary/aromatic N) is 6. The molecule has 192 valence electrons. The minimum Gasteiger partial charge on any atom is -0.870 e. The van der Waals surface area contributed by atoms with E-state index in [4.69, 9.17) is 21.7 Å². The SMILES string of the molecule is O=C(O)c1ccc(-c2cn(C(CC3CC3)c3ccc(-c4cc(Cl)ccc4-[n+]4cnn[nH]4)cn3)cn2)cc1.[OH-]. The molecule has 1 fully saturated rings. The van der Waals surface area contributed by atoms with Crippen molar-refractivity contribution in [2.24, 2.45) is 5.92 Å². The molecule has 6 rings (SSSR count). The van der Waals surface area contributed by atoms with Crippen LogP contribution in [-0.4, -0.2) is 46.6 Å². The molecule has 10 nitrogen and oxygen atoms in total. The molecule has 0 radical (unpaired) electrons. The van der Waals surface area contributed by atoms with Crippen LogP contribution in [0.5, 0.6) is 0 Å². The monoisotopic (exact) mass is 529 g/mol. The first-order chi connectivity index (χ1) is 18.0. The molecule has 3 aromatic heterocycles. The zero-order valence-electron chi connectivity index (χ0n) is 20.1. The van der Waals surface area contributed by atoms with Gasteiger partial charge in [-0.05, 0) is 48.7 Å². The molecule has 0 spiro atoms. The van der Waals surface area contributed by atoms with Crippen molar-refractivity contribution in [1.29, 1.82) is 0 Å². The highest BCUT2D eigenvalue weighted by atomic mass is 35.5. The Bertz CT molecular complexity index is 1550. The van der Waals surface area contributed by atoms with E-state index in [0.29, 0.717) is 10.9 Å². The summed E-state index contributed by atoms with van der Waals surface area (Å²) in [5.74, 6) is -0.267. The summed E-state index contributed by atoms with van der Waals surface area (Å²) in [4.78, 5) is 20.7. The summed E-state index contributed by atoms with van der Waals surface area (Å²) < 4.78 is 3.84. The first kappa shape index (κ1) is 25.2. The molecule has 0 amide bonds. The van der Waals surface area contributed by atoms with E-state index in [9.17, 15) is 4.79 Å². The molecule has 0 saturated heterocycles. The number of nitrogens with one attached hydrogen (secondary N) is 1. The molecule has 11 heteroatoms. The van der Waals surface area contributed by atoms with Gasteiger partial charge in [0.2, 0.25) is 0 Å². The minimum atomic E-state index is -0.944. The van der Waals surface area contributed by atoms with E-state index in [1.165, 1.54) is 12.8 Å². The van der Waals surface area contributed by atoms with Crippen LogP contribution in [0.1, 0.15) is 41.4 Å². The van der Waals surface area contributed by atoms with E-state index in [2.05, 4.69) is 37.2 Å². The highest BCUT2D eigenvalue weighted by molar-refractivity contribution is 6.31. The number of carboxylic acid groups (broad SMARTS) is 1. The van der Waals surface area contributed by atoms with Crippen molar-refractivity contribution in [3.05, 3.63) is 95.9 Å². The largest absolute Gasteiger partial charge is 0.870 e. The molecular weight excluding hydrogens is 506 g/mol. The van der Waals surface area contributed by atoms with Crippen LogP contribution < -0.4 is 4.68 Å². The molecule has 1 aliphatic carbocycles. The van der Waals surface area contributed by atoms with Crippen LogP contribution in [0.3, 0.4) is 0 Å². The Labute approximate surface area is 222 Å². The third kappa shape index (κ3) is 5.17. The number of benzene rings is 2. The van der Waals surface area contributed by atoms with Gasteiger partial charge in [0.15, 0.2) is 5.21 Å². The van der Waals surface area contributed by atoms with E-state index in [1.807, 2.05) is 36.9 Å². The first-order valence-electron chi connectivity index (χ1n) is 12.0. The predicted molar refractivity (Wildman–Crippen MR) is 138 cm³/mol. The molecule has 0 bridgehead atoms. The van der Waals surface area contributed by atoms with Crippen LogP contribution >= 0.6 is 11.6 Å². The second-order valence-electron chi connectivity index (χ2n) is 9.22. The van der Waals surface area contributed by atoms with Gasteiger partial charge in [0, 0.05) is 34.1 Å². The number of imidazole rings is 1. The van der Waals surface area contributed by atoms with E-state index in [-0.39, 0.29) is 17.1 Å². The first-order valence-corrected chi connectivity index (χ1v) is 12.3. The smallest absolute Gasteiger partial charge is 0.335 e. The lowest BCUT2D eigenvalue weighted by Crippen LogP contribution is -2.32. The van der Waals surface area contributed by atoms with Gasteiger partial charge < -0.3 is 15.1 Å². The third-order valence-electron chi connectivity index (χ3n) is 6.68. The molecule has 1 atom stereocenters. The standard InChI is InChI=1S/C27H22ClN7O2.H2O/c28-21-8-10-25(35-16-31-32-33-35)22(12-21)20-7-9-23(29-13-20)26(11-17-1-2-17)34-14-24(30-15-34)18-3-5-19(6-4-18)27(36)37;/h3-10,12-17,26H,1-2,11H2,(H,36,37);1H2. The van der Waals surface area contributed by atoms with Gasteiger partial charge >= 0.3 is 5.97 Å². The highest BCUT2D eigenvalue weighted by Gasteiger charge is 2.28. The van der Waals surface area contributed by atoms with E-state index < -0.39 is 5.97 Å². The number of H-pyrrole nitrogens is 1. The van der Waals surface area contributed by atoms with Gasteiger partial charge in [-0.2, -0.15) is 0 Å². The summed E-state index contributed by atoms with van der Waals surface area (Å²) in [6.07, 6.45) is 10.8. The number of carboxylic acids is 1. The van der Waals surface area contributed by atoms with Crippen molar-refractivity contribution in [2.75, 3.05) is 0 Å². The second kappa shape index (κ2) is 10.5. The van der Waals surface area contributed by atoms with Crippen molar-refractivity contribution in [3.63, 3.8) is 0 Å². The summed E-state index contributed by atoms with van der Waals surface area (Å²) >= 11 is 6.32. The summed E-state index contributed by atoms with van der Waals surface area (Å²) in [6.45, 7) is 0. The summed E-state index contributed by atoms with van der Waals surface area (Å²) in [5.41, 5.74) is 5.59. The number of aromatic amines is 1. The lowest BCUT2D eigenvalue weighted by Gasteiger charge is -2.18. The molecule has 1 unspecified atom stereocenters. The molecule has 38 heavy (non-hydrogen) atoms. The molecule has 2 aromatic carbocycles. The summed E-state index contributed by atoms with van der Waals surface area (Å²) in [7, 11) is 0. The Morgan fingerprint density at radius 2 is 1.89 bits per heavy atom. The van der Waals surface area contributed by atoms with Gasteiger partial charge in [-0.3, -0.25) is 4.98 Å². The number of pyridine rings is 1. The van der Waals surface area contributed by atoms with Gasteiger partial charge in [0.25, 0.3) is 6.33 Å². The van der Waals surface area contributed by atoms with Crippen molar-refractivity contribution < 1.29 is 20.1 Å². The Balaban J connectivity index is 0.00000294. The molecule has 0 aliphatic heterocycles. The number of carbonyl (C=O) groups is 1. The molecule has 3 heterocycles. The molecule has 5 aromatic rings. The van der Waals surface area contributed by atoms with Gasteiger partial charge in [0.05, 0.1) is 29.3 Å². The van der Waals surface area contributed by atoms with Gasteiger partial charge in [-0.1, -0.05) is 47.9 Å². The predicted octanol–water partition coefficient (Wildman–Crippen LogP) is 4.57. The van der Waals surface area contributed by atoms with Crippen LogP contribution in [-0.2, 0) is 0 Å². The quantitative estimate of drug-likeness (QED) is 0.280. The maximum Gasteiger partial charge on any atom is 0.335 e. The van der Waals surface area contributed by atoms with Gasteiger partial charge in [0.1, 0.15) is 10.8 Å². The van der Waals surface area contributed by atoms with Crippen molar-refractivity contribution in [3.8, 4) is 28.1 Å². The minimum absolute atomic E-state index is 0. The lowest BCUT2D eigenvalue weighted by atomic mass is 10.0. The number of halogens is 1. The Morgan fingerprint density at radius 3 is 2.55 bits per heavy atom. The maximum absolute atomic E-state index is 11.2. The van der Waals surface area contributed by atoms with Crippen LogP contribution in [0, 0.1) is 5.92 Å². The van der Waals surface area contributed by atoms with E-state index >= 15 is 0 Å². The third-order valence-corrected chi connectivity index (χ3v) is 6.91. The van der Waals surface area contributed by atoms with Crippen LogP contribution in [0.4, 0.5) is 0 Å². The Kier molecular flexibility index (Phi) is 6.99. The zero-order valence-corrected chi connectivity index (χ0v) is 20.9. The second-order valence-corrected chi connectivity index (χ2v) is 9.65. The molecule has 1 saturated carbocycles. The average Bonchev–Trinajstić information content (AvgIpc) is 3.36. The van der Waals surface area contributed by atoms with Gasteiger partial charge in [-0.15, -0.1) is 4.68 Å². The summed E-state index contributed by atoms with van der Waals surface area (Å²) in [6, 6.07) is 16.6. The van der Waals surface area contributed by atoms with Gasteiger partial charge in [-0.25, -0.2) is 9.78 Å². The number of hydrogen-bond donors (Lipinski definition) is 2. The van der Waals surface area contributed by atoms with Crippen LogP contribution in [0.25, 0.3) is 28.1 Å². The number of tetrazole rings is 1. The average molecular weight is 530 g/mol. The fourth-order valence-corrected chi connectivity index (χ4v) is 4.68. The Hall–Kier alpha value is -4.41. The van der Waals surface area contributed by atoms with Crippen molar-refractivity contribution in [2.45, 2.75) is 25.3 Å². The highest BCUT2D eigenvalue weighted by Crippen LogP contribution is 2.39. The fraction of sp³-hybridized carbons (Fsp3) is 0.185. The number of aromatic carboxylic acids is 1. The van der Waals surface area contributed by atoms with Crippen LogP contribution in [0.2, 0.25) is 5.02 Å². The Morgan fingerprint density at radius 1 is 1.11 bits per heavy atom. The summed E-state index contributed by atoms with van der Waals surface area (Å²) in [5, 5.41) is 20.3. The van der Waals surface area contributed by atoms with E-state index in [0.717, 1.165) is 40.2 Å². The lowest BCUT2D eigenvalue weighted by molar-refractivity contribution is -0.659. The molecule has 1 aliphatic rings. The zero-order chi connectivity index (χ0) is 25.4. The van der Waals surface area contributed by atoms with Crippen molar-refractivity contribution >= 4 is 17.6 Å². The molecular formula is C27H24ClN7O3. The van der Waals surface area contributed by atoms with Crippen LogP contribution in [0.15, 0.2) is 79.6 Å².